The molecule has 0 N–H and O–H groups in total. The van der Waals surface area contributed by atoms with E-state index in [4.69, 9.17) is 9.47 Å². The molecule has 19 heavy (non-hydrogen) atoms. The van der Waals surface area contributed by atoms with Crippen LogP contribution in [-0.4, -0.2) is 24.1 Å². The third kappa shape index (κ3) is 8.41. The summed E-state index contributed by atoms with van der Waals surface area (Å²) in [6.07, 6.45) is 1.48. The molecule has 0 atom stereocenters. The number of hydrogen-bond acceptors (Lipinski definition) is 4. The molecule has 0 saturated heterocycles. The Bertz CT molecular complexity index is 296. The van der Waals surface area contributed by atoms with Gasteiger partial charge in [0.15, 0.2) is 5.92 Å². The fraction of sp³-hybridized carbons (Fsp3) is 0.733. The Labute approximate surface area is 116 Å². The second kappa shape index (κ2) is 8.73. The standard InChI is InChI=1S/C15H26O4/c1-10(2)8-7-9-13(14(16)18-11(3)4)15(17)19-12(5)6/h11-13H,1,7-9H2,2-6H3. The highest BCUT2D eigenvalue weighted by Crippen LogP contribution is 2.16. The van der Waals surface area contributed by atoms with Crippen LogP contribution in [0.3, 0.4) is 0 Å². The zero-order valence-electron chi connectivity index (χ0n) is 12.7. The zero-order chi connectivity index (χ0) is 15.0. The van der Waals surface area contributed by atoms with Crippen LogP contribution < -0.4 is 0 Å². The lowest BCUT2D eigenvalue weighted by molar-refractivity contribution is -0.166. The Morgan fingerprint density at radius 2 is 1.42 bits per heavy atom. The lowest BCUT2D eigenvalue weighted by Crippen LogP contribution is -2.31. The van der Waals surface area contributed by atoms with Gasteiger partial charge in [0.2, 0.25) is 0 Å². The van der Waals surface area contributed by atoms with Gasteiger partial charge in [0.1, 0.15) is 0 Å². The van der Waals surface area contributed by atoms with Gasteiger partial charge in [0.25, 0.3) is 0 Å². The number of esters is 2. The first-order valence-corrected chi connectivity index (χ1v) is 6.79. The third-order valence-corrected chi connectivity index (χ3v) is 2.37. The van der Waals surface area contributed by atoms with Gasteiger partial charge in [-0.2, -0.15) is 0 Å². The molecular weight excluding hydrogens is 244 g/mol. The van der Waals surface area contributed by atoms with Gasteiger partial charge in [-0.15, -0.1) is 6.58 Å². The molecule has 0 spiro atoms. The van der Waals surface area contributed by atoms with Gasteiger partial charge >= 0.3 is 11.9 Å². The molecule has 0 radical (unpaired) electrons. The van der Waals surface area contributed by atoms with E-state index in [-0.39, 0.29) is 12.2 Å². The van der Waals surface area contributed by atoms with Crippen molar-refractivity contribution in [3.8, 4) is 0 Å². The molecule has 0 saturated carbocycles. The third-order valence-electron chi connectivity index (χ3n) is 2.37. The summed E-state index contributed by atoms with van der Waals surface area (Å²) >= 11 is 0. The van der Waals surface area contributed by atoms with Crippen molar-refractivity contribution in [2.75, 3.05) is 0 Å². The molecule has 0 fully saturated rings. The summed E-state index contributed by atoms with van der Waals surface area (Å²) in [5.74, 6) is -1.83. The zero-order valence-corrected chi connectivity index (χ0v) is 12.7. The molecule has 0 aliphatic heterocycles. The molecule has 0 rings (SSSR count). The second-order valence-electron chi connectivity index (χ2n) is 5.37. The van der Waals surface area contributed by atoms with Gasteiger partial charge in [-0.05, 0) is 53.9 Å². The molecule has 0 unspecified atom stereocenters. The van der Waals surface area contributed by atoms with E-state index < -0.39 is 17.9 Å². The summed E-state index contributed by atoms with van der Waals surface area (Å²) in [5, 5.41) is 0. The van der Waals surface area contributed by atoms with E-state index in [0.29, 0.717) is 6.42 Å². The number of rotatable bonds is 8. The molecule has 110 valence electrons. The van der Waals surface area contributed by atoms with Gasteiger partial charge in [-0.25, -0.2) is 0 Å². The van der Waals surface area contributed by atoms with E-state index in [2.05, 4.69) is 6.58 Å². The van der Waals surface area contributed by atoms with Crippen LogP contribution >= 0.6 is 0 Å². The Kier molecular flexibility index (Phi) is 8.12. The maximum absolute atomic E-state index is 11.9. The van der Waals surface area contributed by atoms with Crippen LogP contribution in [0.15, 0.2) is 12.2 Å². The van der Waals surface area contributed by atoms with Crippen LogP contribution in [0.1, 0.15) is 53.9 Å². The summed E-state index contributed by atoms with van der Waals surface area (Å²) in [6, 6.07) is 0. The van der Waals surface area contributed by atoms with Crippen molar-refractivity contribution in [2.24, 2.45) is 5.92 Å². The predicted octanol–water partition coefficient (Wildman–Crippen LogP) is 3.25. The van der Waals surface area contributed by atoms with E-state index in [1.165, 1.54) is 0 Å². The van der Waals surface area contributed by atoms with Crippen molar-refractivity contribution < 1.29 is 19.1 Å². The Hall–Kier alpha value is -1.32. The van der Waals surface area contributed by atoms with E-state index in [1.807, 2.05) is 6.92 Å². The largest absolute Gasteiger partial charge is 0.462 e. The van der Waals surface area contributed by atoms with Crippen LogP contribution in [0.4, 0.5) is 0 Å². The van der Waals surface area contributed by atoms with Gasteiger partial charge in [-0.1, -0.05) is 5.57 Å². The minimum absolute atomic E-state index is 0.233. The molecule has 0 bridgehead atoms. The summed E-state index contributed by atoms with van der Waals surface area (Å²) in [4.78, 5) is 23.8. The summed E-state index contributed by atoms with van der Waals surface area (Å²) in [6.45, 7) is 12.8. The van der Waals surface area contributed by atoms with Crippen molar-refractivity contribution in [3.05, 3.63) is 12.2 Å². The molecule has 0 aromatic carbocycles. The van der Waals surface area contributed by atoms with Gasteiger partial charge < -0.3 is 9.47 Å². The second-order valence-corrected chi connectivity index (χ2v) is 5.37. The number of carbonyl (C=O) groups excluding carboxylic acids is 2. The van der Waals surface area contributed by atoms with Gasteiger partial charge in [0, 0.05) is 0 Å². The van der Waals surface area contributed by atoms with Crippen LogP contribution in [0.25, 0.3) is 0 Å². The molecule has 4 heteroatoms. The first-order chi connectivity index (χ1) is 8.73. The molecular formula is C15H26O4. The minimum Gasteiger partial charge on any atom is -0.462 e. The predicted molar refractivity (Wildman–Crippen MR) is 74.6 cm³/mol. The van der Waals surface area contributed by atoms with Crippen molar-refractivity contribution in [3.63, 3.8) is 0 Å². The highest BCUT2D eigenvalue weighted by Gasteiger charge is 2.30. The van der Waals surface area contributed by atoms with Crippen molar-refractivity contribution in [1.82, 2.24) is 0 Å². The SMILES string of the molecule is C=C(C)CCCC(C(=O)OC(C)C)C(=O)OC(C)C. The molecule has 0 aliphatic rings. The fourth-order valence-electron chi connectivity index (χ4n) is 1.57. The maximum Gasteiger partial charge on any atom is 0.320 e. The minimum atomic E-state index is -0.829. The summed E-state index contributed by atoms with van der Waals surface area (Å²) in [7, 11) is 0. The lowest BCUT2D eigenvalue weighted by Gasteiger charge is -2.18. The molecule has 4 nitrogen and oxygen atoms in total. The van der Waals surface area contributed by atoms with Crippen LogP contribution in [0.2, 0.25) is 0 Å². The van der Waals surface area contributed by atoms with E-state index >= 15 is 0 Å². The molecule has 0 amide bonds. The highest BCUT2D eigenvalue weighted by molar-refractivity contribution is 5.95. The number of allylic oxidation sites excluding steroid dienone is 1. The lowest BCUT2D eigenvalue weighted by atomic mass is 10.0. The Balaban J connectivity index is 4.57. The van der Waals surface area contributed by atoms with E-state index in [0.717, 1.165) is 18.4 Å². The monoisotopic (exact) mass is 270 g/mol. The Morgan fingerprint density at radius 3 is 1.74 bits per heavy atom. The first-order valence-electron chi connectivity index (χ1n) is 6.79. The highest BCUT2D eigenvalue weighted by atomic mass is 16.6. The smallest absolute Gasteiger partial charge is 0.320 e. The Morgan fingerprint density at radius 1 is 1.00 bits per heavy atom. The normalized spacial score (nSPS) is 10.9. The van der Waals surface area contributed by atoms with Crippen molar-refractivity contribution in [2.45, 2.75) is 66.1 Å². The van der Waals surface area contributed by atoms with Gasteiger partial charge in [-0.3, -0.25) is 9.59 Å². The first kappa shape index (κ1) is 17.7. The molecule has 0 aromatic rings. The van der Waals surface area contributed by atoms with Crippen LogP contribution in [-0.2, 0) is 19.1 Å². The average molecular weight is 270 g/mol. The fourth-order valence-corrected chi connectivity index (χ4v) is 1.57. The average Bonchev–Trinajstić information content (AvgIpc) is 2.21. The van der Waals surface area contributed by atoms with Crippen molar-refractivity contribution in [1.29, 1.82) is 0 Å². The number of hydrogen-bond donors (Lipinski definition) is 0. The quantitative estimate of drug-likeness (QED) is 0.386. The summed E-state index contributed by atoms with van der Waals surface area (Å²) in [5.41, 5.74) is 1.04. The maximum atomic E-state index is 11.9. The van der Waals surface area contributed by atoms with Crippen LogP contribution in [0, 0.1) is 5.92 Å². The number of ether oxygens (including phenoxy) is 2. The van der Waals surface area contributed by atoms with Gasteiger partial charge in [0.05, 0.1) is 12.2 Å². The number of carbonyl (C=O) groups is 2. The molecule has 0 heterocycles. The van der Waals surface area contributed by atoms with Crippen LogP contribution in [0.5, 0.6) is 0 Å². The van der Waals surface area contributed by atoms with E-state index in [1.54, 1.807) is 27.7 Å². The molecule has 0 aromatic heterocycles. The van der Waals surface area contributed by atoms with E-state index in [9.17, 15) is 9.59 Å². The molecule has 0 aliphatic carbocycles. The summed E-state index contributed by atoms with van der Waals surface area (Å²) < 4.78 is 10.2. The van der Waals surface area contributed by atoms with Crippen molar-refractivity contribution >= 4 is 11.9 Å². The topological polar surface area (TPSA) is 52.6 Å².